The van der Waals surface area contributed by atoms with Crippen LogP contribution in [0.4, 0.5) is 14.9 Å². The van der Waals surface area contributed by atoms with Crippen LogP contribution in [-0.2, 0) is 20.9 Å². The quantitative estimate of drug-likeness (QED) is 0.221. The summed E-state index contributed by atoms with van der Waals surface area (Å²) >= 11 is 3.44. The van der Waals surface area contributed by atoms with Crippen molar-refractivity contribution in [1.82, 2.24) is 5.32 Å². The highest BCUT2D eigenvalue weighted by Gasteiger charge is 2.37. The Morgan fingerprint density at radius 1 is 1.05 bits per heavy atom. The lowest BCUT2D eigenvalue weighted by molar-refractivity contribution is -0.122. The zero-order valence-corrected chi connectivity index (χ0v) is 22.4. The van der Waals surface area contributed by atoms with Crippen LogP contribution >= 0.6 is 15.9 Å². The van der Waals surface area contributed by atoms with Gasteiger partial charge in [-0.05, 0) is 88.6 Å². The van der Waals surface area contributed by atoms with Gasteiger partial charge in [-0.25, -0.2) is 18.9 Å². The van der Waals surface area contributed by atoms with Gasteiger partial charge in [-0.15, -0.1) is 0 Å². The summed E-state index contributed by atoms with van der Waals surface area (Å²) in [5, 5.41) is 2.15. The van der Waals surface area contributed by atoms with Crippen LogP contribution < -0.4 is 19.7 Å². The number of methoxy groups -OCH3 is 1. The Hall–Kier alpha value is -4.51. The number of rotatable bonds is 8. The number of amides is 4. The number of anilines is 1. The van der Waals surface area contributed by atoms with E-state index >= 15 is 0 Å². The molecule has 11 heteroatoms. The number of nitrogens with zero attached hydrogens (tertiary/aromatic N) is 1. The molecule has 0 unspecified atom stereocenters. The highest BCUT2D eigenvalue weighted by atomic mass is 79.9. The van der Waals surface area contributed by atoms with E-state index in [1.807, 2.05) is 0 Å². The third-order valence-electron chi connectivity index (χ3n) is 5.56. The lowest BCUT2D eigenvalue weighted by Crippen LogP contribution is -2.54. The number of benzene rings is 3. The van der Waals surface area contributed by atoms with Gasteiger partial charge >= 0.3 is 12.0 Å². The van der Waals surface area contributed by atoms with Crippen molar-refractivity contribution in [2.45, 2.75) is 13.5 Å². The zero-order chi connectivity index (χ0) is 28.1. The maximum Gasteiger partial charge on any atom is 0.337 e. The van der Waals surface area contributed by atoms with Crippen molar-refractivity contribution < 1.29 is 37.8 Å². The lowest BCUT2D eigenvalue weighted by Gasteiger charge is -2.26. The molecule has 3 aromatic rings. The number of hydrogen-bond acceptors (Lipinski definition) is 7. The summed E-state index contributed by atoms with van der Waals surface area (Å²) in [5.41, 5.74) is 1.11. The fraction of sp³-hybridized carbons (Fsp3) is 0.143. The van der Waals surface area contributed by atoms with Crippen molar-refractivity contribution in [3.05, 3.63) is 93.2 Å². The summed E-state index contributed by atoms with van der Waals surface area (Å²) in [5.74, 6) is -2.01. The number of halogens is 2. The number of ether oxygens (including phenoxy) is 3. The molecule has 0 aromatic heterocycles. The van der Waals surface area contributed by atoms with Crippen LogP contribution in [0.15, 0.2) is 70.7 Å². The topological polar surface area (TPSA) is 111 Å². The number of barbiturate groups is 1. The predicted molar refractivity (Wildman–Crippen MR) is 143 cm³/mol. The molecule has 1 saturated heterocycles. The minimum absolute atomic E-state index is 0.0730. The van der Waals surface area contributed by atoms with Gasteiger partial charge < -0.3 is 14.2 Å². The van der Waals surface area contributed by atoms with Crippen LogP contribution in [0.3, 0.4) is 0 Å². The maximum absolute atomic E-state index is 13.5. The molecule has 9 nitrogen and oxygen atoms in total. The van der Waals surface area contributed by atoms with Gasteiger partial charge in [-0.2, -0.15) is 0 Å². The van der Waals surface area contributed by atoms with Crippen molar-refractivity contribution in [3.8, 4) is 11.5 Å². The highest BCUT2D eigenvalue weighted by molar-refractivity contribution is 9.10. The van der Waals surface area contributed by atoms with Crippen molar-refractivity contribution in [3.63, 3.8) is 0 Å². The van der Waals surface area contributed by atoms with Gasteiger partial charge in [-0.3, -0.25) is 14.9 Å². The van der Waals surface area contributed by atoms with Gasteiger partial charge in [0.2, 0.25) is 0 Å². The molecule has 0 spiro atoms. The molecule has 1 heterocycles. The van der Waals surface area contributed by atoms with E-state index in [9.17, 15) is 23.6 Å². The Balaban J connectivity index is 1.64. The van der Waals surface area contributed by atoms with Crippen LogP contribution in [0.5, 0.6) is 11.5 Å². The highest BCUT2D eigenvalue weighted by Crippen LogP contribution is 2.38. The monoisotopic (exact) mass is 596 g/mol. The molecule has 3 aromatic carbocycles. The Kier molecular flexibility index (Phi) is 8.40. The molecule has 4 amide bonds. The third kappa shape index (κ3) is 6.15. The number of imide groups is 2. The summed E-state index contributed by atoms with van der Waals surface area (Å²) in [6.45, 7) is 2.15. The van der Waals surface area contributed by atoms with E-state index < -0.39 is 23.8 Å². The minimum atomic E-state index is -0.926. The van der Waals surface area contributed by atoms with E-state index in [4.69, 9.17) is 9.47 Å². The van der Waals surface area contributed by atoms with Gasteiger partial charge in [-0.1, -0.05) is 12.1 Å². The first-order valence-corrected chi connectivity index (χ1v) is 12.4. The van der Waals surface area contributed by atoms with Crippen LogP contribution in [0.2, 0.25) is 0 Å². The first kappa shape index (κ1) is 27.5. The molecule has 1 N–H and O–H groups in total. The number of carbonyl (C=O) groups is 4. The van der Waals surface area contributed by atoms with E-state index in [1.54, 1.807) is 31.2 Å². The number of hydrogen-bond donors (Lipinski definition) is 1. The second-order valence-electron chi connectivity index (χ2n) is 8.18. The molecule has 4 rings (SSSR count). The van der Waals surface area contributed by atoms with Crippen molar-refractivity contribution in [2.75, 3.05) is 18.6 Å². The number of carbonyl (C=O) groups excluding carboxylic acids is 4. The number of nitrogens with one attached hydrogen (secondary N) is 1. The van der Waals surface area contributed by atoms with Crippen molar-refractivity contribution in [1.29, 1.82) is 0 Å². The molecule has 0 aliphatic carbocycles. The third-order valence-corrected chi connectivity index (χ3v) is 6.15. The summed E-state index contributed by atoms with van der Waals surface area (Å²) in [6, 6.07) is 13.8. The SMILES string of the molecule is CCOc1cc(/C=C2\C(=O)NC(=O)N(c3ccc(C(=O)OC)cc3)C2=O)cc(Br)c1OCc1cccc(F)c1. The molecule has 0 atom stereocenters. The van der Waals surface area contributed by atoms with E-state index in [0.717, 1.165) is 4.90 Å². The van der Waals surface area contributed by atoms with E-state index in [0.29, 0.717) is 33.7 Å². The molecule has 200 valence electrons. The first-order valence-electron chi connectivity index (χ1n) is 11.6. The molecule has 1 fully saturated rings. The Morgan fingerprint density at radius 3 is 2.46 bits per heavy atom. The summed E-state index contributed by atoms with van der Waals surface area (Å²) < 4.78 is 30.3. The molecule has 1 aliphatic heterocycles. The number of urea groups is 1. The average molecular weight is 597 g/mol. The summed E-state index contributed by atoms with van der Waals surface area (Å²) in [6.07, 6.45) is 1.32. The van der Waals surface area contributed by atoms with Crippen molar-refractivity contribution >= 4 is 51.5 Å². The van der Waals surface area contributed by atoms with Crippen LogP contribution in [0.1, 0.15) is 28.4 Å². The molecule has 39 heavy (non-hydrogen) atoms. The van der Waals surface area contributed by atoms with Crippen molar-refractivity contribution in [2.24, 2.45) is 0 Å². The van der Waals surface area contributed by atoms with Crippen LogP contribution in [0.25, 0.3) is 6.08 Å². The molecular formula is C28H22BrFN2O7. The molecular weight excluding hydrogens is 575 g/mol. The Labute approximate surface area is 231 Å². The van der Waals surface area contributed by atoms with Crippen LogP contribution in [-0.4, -0.2) is 37.5 Å². The normalized spacial score (nSPS) is 14.3. The second kappa shape index (κ2) is 11.9. The molecule has 0 bridgehead atoms. The average Bonchev–Trinajstić information content (AvgIpc) is 2.90. The molecule has 1 aliphatic rings. The van der Waals surface area contributed by atoms with Gasteiger partial charge in [0.25, 0.3) is 11.8 Å². The van der Waals surface area contributed by atoms with Gasteiger partial charge in [0.1, 0.15) is 18.0 Å². The molecule has 0 radical (unpaired) electrons. The minimum Gasteiger partial charge on any atom is -0.490 e. The number of esters is 1. The van der Waals surface area contributed by atoms with Gasteiger partial charge in [0.05, 0.1) is 29.4 Å². The fourth-order valence-electron chi connectivity index (χ4n) is 3.78. The maximum atomic E-state index is 13.5. The largest absolute Gasteiger partial charge is 0.490 e. The second-order valence-corrected chi connectivity index (χ2v) is 9.03. The zero-order valence-electron chi connectivity index (χ0n) is 20.8. The van der Waals surface area contributed by atoms with Gasteiger partial charge in [0.15, 0.2) is 11.5 Å². The molecule has 0 saturated carbocycles. The lowest BCUT2D eigenvalue weighted by atomic mass is 10.1. The fourth-order valence-corrected chi connectivity index (χ4v) is 4.35. The Bertz CT molecular complexity index is 1490. The first-order chi connectivity index (χ1) is 18.7. The Morgan fingerprint density at radius 2 is 1.79 bits per heavy atom. The summed E-state index contributed by atoms with van der Waals surface area (Å²) in [7, 11) is 1.24. The smallest absolute Gasteiger partial charge is 0.337 e. The summed E-state index contributed by atoms with van der Waals surface area (Å²) in [4.78, 5) is 50.9. The predicted octanol–water partition coefficient (Wildman–Crippen LogP) is 5.02. The van der Waals surface area contributed by atoms with Crippen LogP contribution in [0, 0.1) is 5.82 Å². The van der Waals surface area contributed by atoms with E-state index in [1.165, 1.54) is 49.6 Å². The standard InChI is InChI=1S/C28H22BrFN2O7/c1-3-38-23-14-17(13-22(29)24(23)39-15-16-5-4-6-19(30)11-16)12-21-25(33)31-28(36)32(26(21)34)20-9-7-18(8-10-20)27(35)37-2/h4-14H,3,15H2,1-2H3,(H,31,33,36)/b21-12+. The van der Waals surface area contributed by atoms with E-state index in [-0.39, 0.29) is 29.2 Å². The van der Waals surface area contributed by atoms with E-state index in [2.05, 4.69) is 26.0 Å². The van der Waals surface area contributed by atoms with Gasteiger partial charge in [0, 0.05) is 0 Å².